The fraction of sp³-hybridized carbons (Fsp3) is 0.375. The van der Waals surface area contributed by atoms with Gasteiger partial charge in [0.05, 0.1) is 24.9 Å². The first-order chi connectivity index (χ1) is 14.4. The van der Waals surface area contributed by atoms with Gasteiger partial charge >= 0.3 is 0 Å². The highest BCUT2D eigenvalue weighted by atomic mass is 19.1. The SMILES string of the molecule is C=C(C#N)c1c(C(C)C)cc(OCCOC)c(OCCOC)c1-c1ccc(F)cc1. The smallest absolute Gasteiger partial charge is 0.169 e. The third-order valence-electron chi connectivity index (χ3n) is 4.55. The zero-order valence-electron chi connectivity index (χ0n) is 18.0. The zero-order chi connectivity index (χ0) is 22.1. The van der Waals surface area contributed by atoms with Crippen molar-refractivity contribution in [2.75, 3.05) is 40.6 Å². The van der Waals surface area contributed by atoms with Gasteiger partial charge in [0.1, 0.15) is 19.0 Å². The Bertz CT molecular complexity index is 901. The van der Waals surface area contributed by atoms with E-state index in [0.717, 1.165) is 5.56 Å². The molecule has 0 radical (unpaired) electrons. The van der Waals surface area contributed by atoms with E-state index in [-0.39, 0.29) is 18.3 Å². The van der Waals surface area contributed by atoms with Crippen LogP contribution >= 0.6 is 0 Å². The lowest BCUT2D eigenvalue weighted by Gasteiger charge is -2.24. The number of benzene rings is 2. The standard InChI is InChI=1S/C24H28FNO4/c1-16(2)20-14-21(29-12-10-27-4)24(30-13-11-28-5)23(22(20)17(3)15-26)18-6-8-19(25)9-7-18/h6-9,14,16H,3,10-13H2,1-2,4-5H3. The molecule has 160 valence electrons. The van der Waals surface area contributed by atoms with Crippen LogP contribution in [0.4, 0.5) is 4.39 Å². The number of nitriles is 1. The second-order valence-corrected chi connectivity index (χ2v) is 6.98. The molecule has 2 aromatic rings. The van der Waals surface area contributed by atoms with Gasteiger partial charge in [-0.15, -0.1) is 0 Å². The fourth-order valence-corrected chi connectivity index (χ4v) is 3.10. The second kappa shape index (κ2) is 11.3. The minimum atomic E-state index is -0.349. The Morgan fingerprint density at radius 3 is 2.17 bits per heavy atom. The van der Waals surface area contributed by atoms with Crippen molar-refractivity contribution in [1.29, 1.82) is 5.26 Å². The molecule has 2 rings (SSSR count). The molecule has 30 heavy (non-hydrogen) atoms. The first-order valence-electron chi connectivity index (χ1n) is 9.74. The molecule has 0 saturated heterocycles. The van der Waals surface area contributed by atoms with Crippen molar-refractivity contribution < 1.29 is 23.3 Å². The minimum Gasteiger partial charge on any atom is -0.487 e. The summed E-state index contributed by atoms with van der Waals surface area (Å²) >= 11 is 0. The van der Waals surface area contributed by atoms with Crippen LogP contribution in [-0.4, -0.2) is 40.6 Å². The summed E-state index contributed by atoms with van der Waals surface area (Å²) in [5.74, 6) is 0.728. The maximum absolute atomic E-state index is 13.6. The van der Waals surface area contributed by atoms with Crippen LogP contribution in [0.1, 0.15) is 30.9 Å². The van der Waals surface area contributed by atoms with Gasteiger partial charge in [-0.2, -0.15) is 5.26 Å². The summed E-state index contributed by atoms with van der Waals surface area (Å²) in [5, 5.41) is 9.64. The minimum absolute atomic E-state index is 0.0853. The number of ether oxygens (including phenoxy) is 4. The molecule has 0 N–H and O–H groups in total. The summed E-state index contributed by atoms with van der Waals surface area (Å²) in [6.07, 6.45) is 0. The Kier molecular flexibility index (Phi) is 8.85. The predicted molar refractivity (Wildman–Crippen MR) is 115 cm³/mol. The topological polar surface area (TPSA) is 60.7 Å². The van der Waals surface area contributed by atoms with E-state index < -0.39 is 0 Å². The van der Waals surface area contributed by atoms with Gasteiger partial charge in [0, 0.05) is 25.3 Å². The van der Waals surface area contributed by atoms with Gasteiger partial charge in [0.2, 0.25) is 0 Å². The third-order valence-corrected chi connectivity index (χ3v) is 4.55. The summed E-state index contributed by atoms with van der Waals surface area (Å²) < 4.78 is 35.9. The van der Waals surface area contributed by atoms with Crippen molar-refractivity contribution in [3.05, 3.63) is 53.9 Å². The quantitative estimate of drug-likeness (QED) is 0.374. The van der Waals surface area contributed by atoms with E-state index in [4.69, 9.17) is 18.9 Å². The molecule has 5 nitrogen and oxygen atoms in total. The number of nitrogens with zero attached hydrogens (tertiary/aromatic N) is 1. The van der Waals surface area contributed by atoms with Gasteiger partial charge in [-0.3, -0.25) is 0 Å². The lowest BCUT2D eigenvalue weighted by molar-refractivity contribution is 0.132. The van der Waals surface area contributed by atoms with Crippen LogP contribution in [0.25, 0.3) is 16.7 Å². The normalized spacial score (nSPS) is 10.7. The van der Waals surface area contributed by atoms with Crippen LogP contribution < -0.4 is 9.47 Å². The summed E-state index contributed by atoms with van der Waals surface area (Å²) in [5.41, 5.74) is 3.22. The van der Waals surface area contributed by atoms with E-state index in [1.165, 1.54) is 12.1 Å². The van der Waals surface area contributed by atoms with Crippen molar-refractivity contribution in [2.45, 2.75) is 19.8 Å². The monoisotopic (exact) mass is 413 g/mol. The Hall–Kier alpha value is -2.88. The predicted octanol–water partition coefficient (Wildman–Crippen LogP) is 5.20. The molecule has 0 aliphatic carbocycles. The highest BCUT2D eigenvalue weighted by Gasteiger charge is 2.25. The van der Waals surface area contributed by atoms with E-state index in [2.05, 4.69) is 12.6 Å². The molecule has 0 fully saturated rings. The van der Waals surface area contributed by atoms with Crippen LogP contribution in [-0.2, 0) is 9.47 Å². The van der Waals surface area contributed by atoms with Gasteiger partial charge in [-0.05, 0) is 35.2 Å². The summed E-state index contributed by atoms with van der Waals surface area (Å²) in [7, 11) is 3.19. The molecule has 0 spiro atoms. The van der Waals surface area contributed by atoms with Crippen LogP contribution in [0.3, 0.4) is 0 Å². The molecule has 6 heteroatoms. The average Bonchev–Trinajstić information content (AvgIpc) is 2.74. The molecule has 0 heterocycles. The van der Waals surface area contributed by atoms with Crippen molar-refractivity contribution >= 4 is 5.57 Å². The highest BCUT2D eigenvalue weighted by molar-refractivity contribution is 5.92. The molecule has 0 saturated carbocycles. The van der Waals surface area contributed by atoms with Gasteiger partial charge in [0.15, 0.2) is 11.5 Å². The third kappa shape index (κ3) is 5.59. The highest BCUT2D eigenvalue weighted by Crippen LogP contribution is 2.47. The number of allylic oxidation sites excluding steroid dienone is 1. The number of methoxy groups -OCH3 is 2. The van der Waals surface area contributed by atoms with Gasteiger partial charge in [-0.25, -0.2) is 4.39 Å². The number of hydrogen-bond donors (Lipinski definition) is 0. The summed E-state index contributed by atoms with van der Waals surface area (Å²) in [6, 6.07) is 10.1. The average molecular weight is 413 g/mol. The summed E-state index contributed by atoms with van der Waals surface area (Å²) in [4.78, 5) is 0. The van der Waals surface area contributed by atoms with Gasteiger partial charge in [-0.1, -0.05) is 32.6 Å². The van der Waals surface area contributed by atoms with Gasteiger partial charge < -0.3 is 18.9 Å². The Morgan fingerprint density at radius 1 is 1.03 bits per heavy atom. The first kappa shape index (κ1) is 23.4. The molecule has 0 unspecified atom stereocenters. The van der Waals surface area contributed by atoms with Crippen molar-refractivity contribution in [3.8, 4) is 28.7 Å². The van der Waals surface area contributed by atoms with Crippen molar-refractivity contribution in [3.63, 3.8) is 0 Å². The molecule has 0 bridgehead atoms. The lowest BCUT2D eigenvalue weighted by atomic mass is 9.85. The Morgan fingerprint density at radius 2 is 1.63 bits per heavy atom. The molecular weight excluding hydrogens is 385 g/mol. The van der Waals surface area contributed by atoms with E-state index in [1.807, 2.05) is 19.9 Å². The first-order valence-corrected chi connectivity index (χ1v) is 9.74. The fourth-order valence-electron chi connectivity index (χ4n) is 3.10. The molecule has 2 aromatic carbocycles. The van der Waals surface area contributed by atoms with Crippen molar-refractivity contribution in [2.24, 2.45) is 0 Å². The Balaban J connectivity index is 2.81. The van der Waals surface area contributed by atoms with Crippen LogP contribution in [0.15, 0.2) is 36.9 Å². The summed E-state index contributed by atoms with van der Waals surface area (Å²) in [6.45, 7) is 9.41. The van der Waals surface area contributed by atoms with E-state index in [9.17, 15) is 9.65 Å². The lowest BCUT2D eigenvalue weighted by Crippen LogP contribution is -2.11. The zero-order valence-corrected chi connectivity index (χ0v) is 18.0. The number of hydrogen-bond acceptors (Lipinski definition) is 5. The van der Waals surface area contributed by atoms with Crippen molar-refractivity contribution in [1.82, 2.24) is 0 Å². The van der Waals surface area contributed by atoms with E-state index in [0.29, 0.717) is 53.6 Å². The molecule has 0 aliphatic rings. The van der Waals surface area contributed by atoms with Crippen LogP contribution in [0, 0.1) is 17.1 Å². The van der Waals surface area contributed by atoms with Crippen LogP contribution in [0.2, 0.25) is 0 Å². The molecule has 0 aliphatic heterocycles. The molecule has 0 amide bonds. The second-order valence-electron chi connectivity index (χ2n) is 6.98. The molecule has 0 aromatic heterocycles. The Labute approximate surface area is 177 Å². The maximum atomic E-state index is 13.6. The number of rotatable bonds is 11. The van der Waals surface area contributed by atoms with E-state index in [1.54, 1.807) is 26.4 Å². The largest absolute Gasteiger partial charge is 0.487 e. The maximum Gasteiger partial charge on any atom is 0.169 e. The van der Waals surface area contributed by atoms with Gasteiger partial charge in [0.25, 0.3) is 0 Å². The van der Waals surface area contributed by atoms with E-state index >= 15 is 0 Å². The number of halogens is 1. The molecule has 0 atom stereocenters. The van der Waals surface area contributed by atoms with Crippen LogP contribution in [0.5, 0.6) is 11.5 Å². The molecular formula is C24H28FNO4.